The van der Waals surface area contributed by atoms with Crippen LogP contribution in [0.4, 0.5) is 0 Å². The van der Waals surface area contributed by atoms with Crippen molar-refractivity contribution in [1.82, 2.24) is 10.2 Å². The molecule has 1 aromatic carbocycles. The van der Waals surface area contributed by atoms with Crippen LogP contribution in [-0.4, -0.2) is 35.4 Å². The second kappa shape index (κ2) is 6.96. The summed E-state index contributed by atoms with van der Waals surface area (Å²) in [5.41, 5.74) is 1.18. The maximum atomic E-state index is 12.4. The quantitative estimate of drug-likeness (QED) is 0.812. The second-order valence-corrected chi connectivity index (χ2v) is 5.80. The molecule has 1 aromatic rings. The predicted molar refractivity (Wildman–Crippen MR) is 81.1 cm³/mol. The Morgan fingerprint density at radius 3 is 2.68 bits per heavy atom. The highest BCUT2D eigenvalue weighted by Gasteiger charge is 2.37. The van der Waals surface area contributed by atoms with Gasteiger partial charge in [0.15, 0.2) is 0 Å². The SMILES string of the molecule is CCC1NC(c2ccccc2)N(CCCSC)C1=O. The van der Waals surface area contributed by atoms with Gasteiger partial charge in [-0.1, -0.05) is 37.3 Å². The number of rotatable bonds is 6. The zero-order chi connectivity index (χ0) is 13.7. The van der Waals surface area contributed by atoms with E-state index in [1.54, 1.807) is 0 Å². The van der Waals surface area contributed by atoms with Gasteiger partial charge in [-0.15, -0.1) is 0 Å². The summed E-state index contributed by atoms with van der Waals surface area (Å²) in [5, 5.41) is 3.45. The zero-order valence-corrected chi connectivity index (χ0v) is 12.5. The Bertz CT molecular complexity index is 410. The minimum atomic E-state index is -0.0283. The fraction of sp³-hybridized carbons (Fsp3) is 0.533. The van der Waals surface area contributed by atoms with Crippen LogP contribution in [0.15, 0.2) is 30.3 Å². The predicted octanol–water partition coefficient (Wildman–Crippen LogP) is 2.65. The number of benzene rings is 1. The Kier molecular flexibility index (Phi) is 5.28. The van der Waals surface area contributed by atoms with Crippen LogP contribution >= 0.6 is 11.8 Å². The molecule has 1 N–H and O–H groups in total. The van der Waals surface area contributed by atoms with Gasteiger partial charge in [-0.2, -0.15) is 11.8 Å². The second-order valence-electron chi connectivity index (χ2n) is 4.82. The molecule has 0 spiro atoms. The molecular weight excluding hydrogens is 256 g/mol. The minimum absolute atomic E-state index is 0.0283. The summed E-state index contributed by atoms with van der Waals surface area (Å²) in [5.74, 6) is 1.35. The lowest BCUT2D eigenvalue weighted by atomic mass is 10.1. The van der Waals surface area contributed by atoms with Crippen LogP contribution in [0.1, 0.15) is 31.5 Å². The molecule has 4 heteroatoms. The zero-order valence-electron chi connectivity index (χ0n) is 11.6. The molecule has 1 saturated heterocycles. The van der Waals surface area contributed by atoms with Crippen LogP contribution in [-0.2, 0) is 4.79 Å². The minimum Gasteiger partial charge on any atom is -0.322 e. The summed E-state index contributed by atoms with van der Waals surface area (Å²) in [4.78, 5) is 14.4. The monoisotopic (exact) mass is 278 g/mol. The van der Waals surface area contributed by atoms with Crippen LogP contribution < -0.4 is 5.32 Å². The largest absolute Gasteiger partial charge is 0.322 e. The third-order valence-corrected chi connectivity index (χ3v) is 4.22. The Balaban J connectivity index is 2.12. The maximum Gasteiger partial charge on any atom is 0.241 e. The number of carbonyl (C=O) groups is 1. The molecule has 1 aliphatic rings. The standard InChI is InChI=1S/C15H22N2OS/c1-3-13-15(18)17(10-7-11-19-2)14(16-13)12-8-5-4-6-9-12/h4-6,8-9,13-14,16H,3,7,10-11H2,1-2H3. The molecule has 19 heavy (non-hydrogen) atoms. The fourth-order valence-electron chi connectivity index (χ4n) is 2.50. The van der Waals surface area contributed by atoms with Gasteiger partial charge in [-0.05, 0) is 30.4 Å². The Morgan fingerprint density at radius 1 is 1.32 bits per heavy atom. The van der Waals surface area contributed by atoms with Gasteiger partial charge in [0.2, 0.25) is 5.91 Å². The summed E-state index contributed by atoms with van der Waals surface area (Å²) in [6.07, 6.45) is 4.05. The van der Waals surface area contributed by atoms with Crippen molar-refractivity contribution in [3.63, 3.8) is 0 Å². The van der Waals surface area contributed by atoms with Crippen LogP contribution in [0.25, 0.3) is 0 Å². The molecule has 0 bridgehead atoms. The van der Waals surface area contributed by atoms with Gasteiger partial charge in [0.25, 0.3) is 0 Å². The van der Waals surface area contributed by atoms with Crippen LogP contribution in [0.3, 0.4) is 0 Å². The number of nitrogens with one attached hydrogen (secondary N) is 1. The van der Waals surface area contributed by atoms with Crippen LogP contribution in [0, 0.1) is 0 Å². The van der Waals surface area contributed by atoms with Gasteiger partial charge in [0, 0.05) is 6.54 Å². The average Bonchev–Trinajstić information content (AvgIpc) is 2.77. The molecule has 1 heterocycles. The number of amides is 1. The first kappa shape index (κ1) is 14.4. The van der Waals surface area contributed by atoms with E-state index in [4.69, 9.17) is 0 Å². The molecule has 0 aliphatic carbocycles. The van der Waals surface area contributed by atoms with Crippen molar-refractivity contribution < 1.29 is 4.79 Å². The van der Waals surface area contributed by atoms with Crippen LogP contribution in [0.2, 0.25) is 0 Å². The molecule has 2 rings (SSSR count). The third kappa shape index (κ3) is 3.31. The number of thioether (sulfide) groups is 1. The van der Waals surface area contributed by atoms with Gasteiger partial charge in [0.05, 0.1) is 6.04 Å². The van der Waals surface area contributed by atoms with E-state index in [-0.39, 0.29) is 18.1 Å². The van der Waals surface area contributed by atoms with Gasteiger partial charge >= 0.3 is 0 Å². The van der Waals surface area contributed by atoms with Crippen LogP contribution in [0.5, 0.6) is 0 Å². The first-order valence-electron chi connectivity index (χ1n) is 6.88. The van der Waals surface area contributed by atoms with E-state index in [1.807, 2.05) is 34.9 Å². The average molecular weight is 278 g/mol. The van der Waals surface area contributed by atoms with E-state index in [9.17, 15) is 4.79 Å². The smallest absolute Gasteiger partial charge is 0.241 e. The van der Waals surface area contributed by atoms with Crippen molar-refractivity contribution in [2.24, 2.45) is 0 Å². The van der Waals surface area contributed by atoms with Crippen molar-refractivity contribution >= 4 is 17.7 Å². The van der Waals surface area contributed by atoms with Gasteiger partial charge in [0.1, 0.15) is 6.17 Å². The molecule has 1 amide bonds. The van der Waals surface area contributed by atoms with Crippen molar-refractivity contribution in [3.05, 3.63) is 35.9 Å². The summed E-state index contributed by atoms with van der Waals surface area (Å²) >= 11 is 1.83. The van der Waals surface area contributed by atoms with Crippen molar-refractivity contribution in [3.8, 4) is 0 Å². The molecule has 0 radical (unpaired) electrons. The number of hydrogen-bond acceptors (Lipinski definition) is 3. The first-order chi connectivity index (χ1) is 9.27. The van der Waals surface area contributed by atoms with Gasteiger partial charge < -0.3 is 4.90 Å². The van der Waals surface area contributed by atoms with E-state index in [0.29, 0.717) is 0 Å². The lowest BCUT2D eigenvalue weighted by Crippen LogP contribution is -2.32. The number of nitrogens with zero attached hydrogens (tertiary/aromatic N) is 1. The molecule has 3 nitrogen and oxygen atoms in total. The van der Waals surface area contributed by atoms with Gasteiger partial charge in [-0.3, -0.25) is 10.1 Å². The van der Waals surface area contributed by atoms with E-state index in [1.165, 1.54) is 5.56 Å². The summed E-state index contributed by atoms with van der Waals surface area (Å²) in [6, 6.07) is 10.2. The first-order valence-corrected chi connectivity index (χ1v) is 8.27. The topological polar surface area (TPSA) is 32.3 Å². The van der Waals surface area contributed by atoms with Crippen molar-refractivity contribution in [2.75, 3.05) is 18.6 Å². The van der Waals surface area contributed by atoms with E-state index >= 15 is 0 Å². The summed E-state index contributed by atoms with van der Waals surface area (Å²) in [7, 11) is 0. The lowest BCUT2D eigenvalue weighted by Gasteiger charge is -2.24. The fourth-order valence-corrected chi connectivity index (χ4v) is 2.92. The van der Waals surface area contributed by atoms with E-state index in [0.717, 1.165) is 25.1 Å². The lowest BCUT2D eigenvalue weighted by molar-refractivity contribution is -0.130. The number of carbonyl (C=O) groups excluding carboxylic acids is 1. The molecule has 104 valence electrons. The Labute approximate surface area is 119 Å². The molecule has 0 saturated carbocycles. The molecule has 0 aromatic heterocycles. The van der Waals surface area contributed by atoms with Crippen molar-refractivity contribution in [1.29, 1.82) is 0 Å². The molecule has 2 unspecified atom stereocenters. The third-order valence-electron chi connectivity index (χ3n) is 3.52. The van der Waals surface area contributed by atoms with E-state index < -0.39 is 0 Å². The Morgan fingerprint density at radius 2 is 2.05 bits per heavy atom. The Hall–Kier alpha value is -1.00. The molecular formula is C15H22N2OS. The van der Waals surface area contributed by atoms with Crippen molar-refractivity contribution in [2.45, 2.75) is 32.0 Å². The maximum absolute atomic E-state index is 12.4. The highest BCUT2D eigenvalue weighted by Crippen LogP contribution is 2.26. The summed E-state index contributed by atoms with van der Waals surface area (Å²) < 4.78 is 0. The highest BCUT2D eigenvalue weighted by molar-refractivity contribution is 7.98. The summed E-state index contributed by atoms with van der Waals surface area (Å²) in [6.45, 7) is 2.89. The number of hydrogen-bond donors (Lipinski definition) is 1. The van der Waals surface area contributed by atoms with E-state index in [2.05, 4.69) is 30.6 Å². The molecule has 1 aliphatic heterocycles. The highest BCUT2D eigenvalue weighted by atomic mass is 32.2. The molecule has 2 atom stereocenters. The molecule has 1 fully saturated rings. The van der Waals surface area contributed by atoms with Gasteiger partial charge in [-0.25, -0.2) is 0 Å². The normalized spacial score (nSPS) is 23.1.